The van der Waals surface area contributed by atoms with Gasteiger partial charge in [0.2, 0.25) is 0 Å². The van der Waals surface area contributed by atoms with E-state index in [1.807, 2.05) is 6.92 Å². The van der Waals surface area contributed by atoms with Gasteiger partial charge in [0.05, 0.1) is 12.8 Å². The largest absolute Gasteiger partial charge is 0.500 e. The van der Waals surface area contributed by atoms with Gasteiger partial charge in [-0.25, -0.2) is 0 Å². The van der Waals surface area contributed by atoms with Gasteiger partial charge in [-0.1, -0.05) is 19.9 Å². The van der Waals surface area contributed by atoms with Crippen LogP contribution >= 0.6 is 0 Å². The first kappa shape index (κ1) is 13.5. The summed E-state index contributed by atoms with van der Waals surface area (Å²) in [4.78, 5) is 22.2. The number of nitrogens with one attached hydrogen (secondary N) is 2. The highest BCUT2D eigenvalue weighted by molar-refractivity contribution is 6.35. The molecule has 0 saturated carbocycles. The van der Waals surface area contributed by atoms with Crippen molar-refractivity contribution in [1.29, 1.82) is 0 Å². The Labute approximate surface area is 89.9 Å². The van der Waals surface area contributed by atoms with Crippen molar-refractivity contribution in [1.82, 2.24) is 10.6 Å². The van der Waals surface area contributed by atoms with E-state index in [-0.39, 0.29) is 0 Å². The van der Waals surface area contributed by atoms with E-state index >= 15 is 0 Å². The molecule has 0 fully saturated rings. The first-order valence-corrected chi connectivity index (χ1v) is 5.01. The molecule has 0 bridgehead atoms. The zero-order valence-corrected chi connectivity index (χ0v) is 9.04. The van der Waals surface area contributed by atoms with E-state index in [1.165, 1.54) is 6.26 Å². The zero-order chi connectivity index (χ0) is 11.5. The van der Waals surface area contributed by atoms with Gasteiger partial charge in [0, 0.05) is 6.54 Å². The number of hydrogen-bond acceptors (Lipinski definition) is 3. The average Bonchev–Trinajstić information content (AvgIpc) is 2.24. The van der Waals surface area contributed by atoms with Crippen LogP contribution in [-0.4, -0.2) is 31.5 Å². The smallest absolute Gasteiger partial charge is 0.309 e. The predicted molar refractivity (Wildman–Crippen MR) is 57.1 cm³/mol. The molecule has 2 N–H and O–H groups in total. The van der Waals surface area contributed by atoms with Crippen molar-refractivity contribution in [2.75, 3.05) is 19.7 Å². The molecule has 0 aliphatic rings. The zero-order valence-electron chi connectivity index (χ0n) is 9.04. The summed E-state index contributed by atoms with van der Waals surface area (Å²) in [6.07, 6.45) is 3.14. The fourth-order valence-electron chi connectivity index (χ4n) is 0.846. The minimum atomic E-state index is -0.626. The summed E-state index contributed by atoms with van der Waals surface area (Å²) < 4.78 is 4.78. The van der Waals surface area contributed by atoms with E-state index in [2.05, 4.69) is 17.2 Å². The van der Waals surface area contributed by atoms with Gasteiger partial charge in [-0.15, -0.1) is 0 Å². The van der Waals surface area contributed by atoms with Crippen LogP contribution in [0.1, 0.15) is 19.8 Å². The van der Waals surface area contributed by atoms with E-state index in [0.717, 1.165) is 12.8 Å². The van der Waals surface area contributed by atoms with Gasteiger partial charge in [-0.3, -0.25) is 9.59 Å². The van der Waals surface area contributed by atoms with Crippen LogP contribution < -0.4 is 10.6 Å². The highest BCUT2D eigenvalue weighted by atomic mass is 16.5. The summed E-state index contributed by atoms with van der Waals surface area (Å²) in [7, 11) is 0. The lowest BCUT2D eigenvalue weighted by molar-refractivity contribution is -0.139. The molecule has 0 radical (unpaired) electrons. The lowest BCUT2D eigenvalue weighted by Gasteiger charge is -2.05. The minimum Gasteiger partial charge on any atom is -0.500 e. The van der Waals surface area contributed by atoms with E-state index in [9.17, 15) is 9.59 Å². The molecule has 5 nitrogen and oxygen atoms in total. The van der Waals surface area contributed by atoms with Gasteiger partial charge in [0.25, 0.3) is 0 Å². The molecule has 15 heavy (non-hydrogen) atoms. The molecule has 0 aliphatic heterocycles. The lowest BCUT2D eigenvalue weighted by atomic mass is 10.3. The van der Waals surface area contributed by atoms with Crippen molar-refractivity contribution in [3.05, 3.63) is 12.8 Å². The Balaban J connectivity index is 3.51. The van der Waals surface area contributed by atoms with Crippen molar-refractivity contribution in [3.63, 3.8) is 0 Å². The first-order chi connectivity index (χ1) is 7.22. The molecule has 0 spiro atoms. The first-order valence-electron chi connectivity index (χ1n) is 5.01. The van der Waals surface area contributed by atoms with Crippen LogP contribution in [0, 0.1) is 0 Å². The lowest BCUT2D eigenvalue weighted by Crippen LogP contribution is -2.41. The van der Waals surface area contributed by atoms with Gasteiger partial charge in [0.15, 0.2) is 0 Å². The van der Waals surface area contributed by atoms with Crippen molar-refractivity contribution in [2.24, 2.45) is 0 Å². The summed E-state index contributed by atoms with van der Waals surface area (Å²) in [5.41, 5.74) is 0. The van der Waals surface area contributed by atoms with Crippen LogP contribution in [0.15, 0.2) is 12.8 Å². The van der Waals surface area contributed by atoms with Crippen molar-refractivity contribution in [3.8, 4) is 0 Å². The van der Waals surface area contributed by atoms with E-state index < -0.39 is 11.8 Å². The SMILES string of the molecule is C=COCCNC(=O)C(=O)NCCCC. The summed E-state index contributed by atoms with van der Waals surface area (Å²) in [6.45, 7) is 6.51. The quantitative estimate of drug-likeness (QED) is 0.361. The highest BCUT2D eigenvalue weighted by Gasteiger charge is 2.10. The van der Waals surface area contributed by atoms with Gasteiger partial charge in [-0.05, 0) is 6.42 Å². The number of rotatable bonds is 7. The maximum atomic E-state index is 11.1. The van der Waals surface area contributed by atoms with Crippen LogP contribution in [0.5, 0.6) is 0 Å². The summed E-state index contributed by atoms with van der Waals surface area (Å²) >= 11 is 0. The van der Waals surface area contributed by atoms with Gasteiger partial charge >= 0.3 is 11.8 Å². The highest BCUT2D eigenvalue weighted by Crippen LogP contribution is 1.82. The third kappa shape index (κ3) is 7.54. The summed E-state index contributed by atoms with van der Waals surface area (Å²) in [5.74, 6) is -1.22. The van der Waals surface area contributed by atoms with Crippen LogP contribution in [-0.2, 0) is 14.3 Å². The number of carbonyl (C=O) groups is 2. The Bertz CT molecular complexity index is 217. The Morgan fingerprint density at radius 1 is 1.27 bits per heavy atom. The molecule has 2 amide bonds. The molecule has 0 heterocycles. The second-order valence-corrected chi connectivity index (χ2v) is 2.90. The molecular weight excluding hydrogens is 196 g/mol. The molecule has 0 rings (SSSR count). The molecular formula is C10H18N2O3. The fourth-order valence-corrected chi connectivity index (χ4v) is 0.846. The third-order valence-corrected chi connectivity index (χ3v) is 1.65. The molecule has 0 unspecified atom stereocenters. The Morgan fingerprint density at radius 3 is 2.40 bits per heavy atom. The average molecular weight is 214 g/mol. The molecule has 0 aromatic heterocycles. The van der Waals surface area contributed by atoms with Crippen molar-refractivity contribution >= 4 is 11.8 Å². The molecule has 0 saturated heterocycles. The monoisotopic (exact) mass is 214 g/mol. The Morgan fingerprint density at radius 2 is 1.87 bits per heavy atom. The maximum absolute atomic E-state index is 11.1. The van der Waals surface area contributed by atoms with Crippen LogP contribution in [0.25, 0.3) is 0 Å². The third-order valence-electron chi connectivity index (χ3n) is 1.65. The Hall–Kier alpha value is -1.52. The minimum absolute atomic E-state index is 0.298. The fraction of sp³-hybridized carbons (Fsp3) is 0.600. The van der Waals surface area contributed by atoms with Crippen LogP contribution in [0.4, 0.5) is 0 Å². The molecule has 5 heteroatoms. The van der Waals surface area contributed by atoms with E-state index in [4.69, 9.17) is 4.74 Å². The molecule has 0 aromatic rings. The standard InChI is InChI=1S/C10H18N2O3/c1-3-5-6-11-9(13)10(14)12-7-8-15-4-2/h4H,2-3,5-8H2,1H3,(H,11,13)(H,12,14). The summed E-state index contributed by atoms with van der Waals surface area (Å²) in [6, 6.07) is 0. The predicted octanol–water partition coefficient (Wildman–Crippen LogP) is 0.179. The van der Waals surface area contributed by atoms with Crippen molar-refractivity contribution < 1.29 is 14.3 Å². The number of ether oxygens (including phenoxy) is 1. The number of carbonyl (C=O) groups excluding carboxylic acids is 2. The normalized spacial score (nSPS) is 9.13. The number of unbranched alkanes of at least 4 members (excludes halogenated alkanes) is 1. The molecule has 0 atom stereocenters. The number of hydrogen-bond donors (Lipinski definition) is 2. The van der Waals surface area contributed by atoms with E-state index in [0.29, 0.717) is 19.7 Å². The van der Waals surface area contributed by atoms with Crippen LogP contribution in [0.2, 0.25) is 0 Å². The molecule has 86 valence electrons. The summed E-state index contributed by atoms with van der Waals surface area (Å²) in [5, 5.41) is 4.93. The molecule has 0 aromatic carbocycles. The second kappa shape index (κ2) is 9.05. The number of amides is 2. The second-order valence-electron chi connectivity index (χ2n) is 2.90. The van der Waals surface area contributed by atoms with E-state index in [1.54, 1.807) is 0 Å². The van der Waals surface area contributed by atoms with Gasteiger partial charge < -0.3 is 15.4 Å². The maximum Gasteiger partial charge on any atom is 0.309 e. The van der Waals surface area contributed by atoms with Gasteiger partial charge in [0.1, 0.15) is 6.61 Å². The molecule has 0 aliphatic carbocycles. The van der Waals surface area contributed by atoms with Crippen LogP contribution in [0.3, 0.4) is 0 Å². The van der Waals surface area contributed by atoms with Gasteiger partial charge in [-0.2, -0.15) is 0 Å². The van der Waals surface area contributed by atoms with Crippen molar-refractivity contribution in [2.45, 2.75) is 19.8 Å². The Kier molecular flexibility index (Phi) is 8.13. The topological polar surface area (TPSA) is 67.4 Å².